The van der Waals surface area contributed by atoms with Gasteiger partial charge in [0, 0.05) is 34.4 Å². The molecule has 4 aromatic rings. The second-order valence-electron chi connectivity index (χ2n) is 8.92. The molecule has 0 unspecified atom stereocenters. The van der Waals surface area contributed by atoms with E-state index in [1.807, 2.05) is 38.1 Å². The molecule has 33 heavy (non-hydrogen) atoms. The number of nitrogens with zero attached hydrogens (tertiary/aromatic N) is 2. The quantitative estimate of drug-likeness (QED) is 0.404. The van der Waals surface area contributed by atoms with Crippen molar-refractivity contribution in [3.63, 3.8) is 0 Å². The molecule has 5 rings (SSSR count). The first-order valence-corrected chi connectivity index (χ1v) is 12.1. The van der Waals surface area contributed by atoms with Crippen molar-refractivity contribution in [3.8, 4) is 10.6 Å². The fourth-order valence-electron chi connectivity index (χ4n) is 4.18. The van der Waals surface area contributed by atoms with E-state index < -0.39 is 0 Å². The van der Waals surface area contributed by atoms with Gasteiger partial charge < -0.3 is 15.6 Å². The highest BCUT2D eigenvalue weighted by Crippen LogP contribution is 2.42. The van der Waals surface area contributed by atoms with Crippen LogP contribution >= 0.6 is 11.3 Å². The lowest BCUT2D eigenvalue weighted by Gasteiger charge is -2.11. The predicted molar refractivity (Wildman–Crippen MR) is 133 cm³/mol. The van der Waals surface area contributed by atoms with Crippen LogP contribution in [0.5, 0.6) is 0 Å². The van der Waals surface area contributed by atoms with Gasteiger partial charge in [0.2, 0.25) is 0 Å². The Morgan fingerprint density at radius 2 is 1.85 bits per heavy atom. The van der Waals surface area contributed by atoms with Crippen LogP contribution in [0.25, 0.3) is 10.6 Å². The number of carbonyl (C=O) groups excluding carboxylic acids is 1. The lowest BCUT2D eigenvalue weighted by molar-refractivity contribution is 0.0950. The van der Waals surface area contributed by atoms with Gasteiger partial charge in [0.1, 0.15) is 5.01 Å². The molecule has 3 N–H and O–H groups in total. The van der Waals surface area contributed by atoms with Gasteiger partial charge in [-0.3, -0.25) is 4.79 Å². The number of carbonyl (C=O) groups is 1. The molecule has 0 radical (unpaired) electrons. The van der Waals surface area contributed by atoms with Crippen molar-refractivity contribution in [1.29, 1.82) is 0 Å². The fraction of sp³-hybridized carbons (Fsp3) is 0.259. The molecule has 2 heterocycles. The number of benzene rings is 2. The van der Waals surface area contributed by atoms with Crippen molar-refractivity contribution >= 4 is 17.2 Å². The summed E-state index contributed by atoms with van der Waals surface area (Å²) in [6, 6.07) is 20.4. The van der Waals surface area contributed by atoms with Gasteiger partial charge in [-0.1, -0.05) is 54.6 Å². The predicted octanol–water partition coefficient (Wildman–Crippen LogP) is 5.15. The molecule has 2 aromatic heterocycles. The van der Waals surface area contributed by atoms with Crippen LogP contribution in [-0.2, 0) is 18.6 Å². The van der Waals surface area contributed by atoms with Gasteiger partial charge in [-0.15, -0.1) is 11.3 Å². The highest BCUT2D eigenvalue weighted by atomic mass is 32.1. The van der Waals surface area contributed by atoms with Crippen LogP contribution in [0.15, 0.2) is 66.0 Å². The maximum Gasteiger partial charge on any atom is 0.253 e. The number of nitrogens with two attached hydrogens (primary N) is 1. The van der Waals surface area contributed by atoms with E-state index in [1.54, 1.807) is 11.3 Å². The lowest BCUT2D eigenvalue weighted by atomic mass is 10.0. The monoisotopic (exact) mass is 456 g/mol. The number of aryl methyl sites for hydroxylation is 1. The summed E-state index contributed by atoms with van der Waals surface area (Å²) in [7, 11) is 0. The number of rotatable bonds is 7. The molecule has 1 aliphatic rings. The van der Waals surface area contributed by atoms with Gasteiger partial charge in [0.05, 0.1) is 17.8 Å². The number of nitrogens with one attached hydrogen (secondary N) is 1. The highest BCUT2D eigenvalue weighted by molar-refractivity contribution is 7.13. The summed E-state index contributed by atoms with van der Waals surface area (Å²) in [5.74, 6) is -0.0563. The fourth-order valence-corrected chi connectivity index (χ4v) is 5.00. The minimum atomic E-state index is -0.126. The van der Waals surface area contributed by atoms with Crippen molar-refractivity contribution in [3.05, 3.63) is 99.8 Å². The Balaban J connectivity index is 1.25. The van der Waals surface area contributed by atoms with Crippen LogP contribution < -0.4 is 11.1 Å². The summed E-state index contributed by atoms with van der Waals surface area (Å²) in [5, 5.41) is 6.17. The Kier molecular flexibility index (Phi) is 5.64. The molecule has 5 nitrogen and oxygen atoms in total. The van der Waals surface area contributed by atoms with Gasteiger partial charge in [0.15, 0.2) is 0 Å². The van der Waals surface area contributed by atoms with Gasteiger partial charge in [-0.05, 0) is 43.9 Å². The van der Waals surface area contributed by atoms with Crippen molar-refractivity contribution in [1.82, 2.24) is 14.9 Å². The van der Waals surface area contributed by atoms with E-state index >= 15 is 0 Å². The van der Waals surface area contributed by atoms with Crippen LogP contribution in [0, 0.1) is 13.8 Å². The van der Waals surface area contributed by atoms with E-state index in [4.69, 9.17) is 10.7 Å². The molecule has 168 valence electrons. The van der Waals surface area contributed by atoms with E-state index in [1.165, 1.54) is 5.56 Å². The van der Waals surface area contributed by atoms with E-state index in [-0.39, 0.29) is 11.4 Å². The minimum Gasteiger partial charge on any atom is -0.348 e. The van der Waals surface area contributed by atoms with Crippen molar-refractivity contribution in [2.45, 2.75) is 45.3 Å². The van der Waals surface area contributed by atoms with Gasteiger partial charge in [0.25, 0.3) is 5.91 Å². The summed E-state index contributed by atoms with van der Waals surface area (Å²) >= 11 is 1.65. The minimum absolute atomic E-state index is 0.0563. The Morgan fingerprint density at radius 1 is 1.12 bits per heavy atom. The Bertz CT molecular complexity index is 1280. The molecular formula is C27H28N4OS. The first-order chi connectivity index (χ1) is 15.9. The Hall–Kier alpha value is -3.22. The van der Waals surface area contributed by atoms with Crippen molar-refractivity contribution in [2.24, 2.45) is 5.73 Å². The number of amides is 1. The van der Waals surface area contributed by atoms with Crippen molar-refractivity contribution < 1.29 is 4.79 Å². The molecule has 6 heteroatoms. The third-order valence-corrected chi connectivity index (χ3v) is 7.42. The van der Waals surface area contributed by atoms with E-state index in [0.29, 0.717) is 18.7 Å². The van der Waals surface area contributed by atoms with E-state index in [0.717, 1.165) is 46.1 Å². The van der Waals surface area contributed by atoms with E-state index in [2.05, 4.69) is 51.7 Å². The molecule has 1 fully saturated rings. The summed E-state index contributed by atoms with van der Waals surface area (Å²) in [6.45, 7) is 5.18. The van der Waals surface area contributed by atoms with Gasteiger partial charge >= 0.3 is 0 Å². The number of hydrogen-bond acceptors (Lipinski definition) is 4. The number of thiazole rings is 1. The standard InChI is InChI=1S/C27H28N4OS/c1-18-14-24(25(32)29-15-20-8-10-22(11-9-20)27(28)12-13-27)19(2)31(18)16-23-17-33-26(30-23)21-6-4-3-5-7-21/h3-11,14,17H,12-13,15-16,28H2,1-2H3,(H,29,32). The average Bonchev–Trinajstić information content (AvgIpc) is 3.30. The molecule has 2 aromatic carbocycles. The Labute approximate surface area is 198 Å². The second-order valence-corrected chi connectivity index (χ2v) is 9.77. The summed E-state index contributed by atoms with van der Waals surface area (Å²) < 4.78 is 2.16. The molecule has 1 saturated carbocycles. The third-order valence-electron chi connectivity index (χ3n) is 6.48. The summed E-state index contributed by atoms with van der Waals surface area (Å²) in [4.78, 5) is 17.7. The Morgan fingerprint density at radius 3 is 2.55 bits per heavy atom. The molecule has 0 aliphatic heterocycles. The molecule has 0 bridgehead atoms. The topological polar surface area (TPSA) is 72.9 Å². The van der Waals surface area contributed by atoms with Crippen LogP contribution in [0.1, 0.15) is 51.4 Å². The average molecular weight is 457 g/mol. The lowest BCUT2D eigenvalue weighted by Crippen LogP contribution is -2.23. The van der Waals surface area contributed by atoms with E-state index in [9.17, 15) is 4.79 Å². The number of aromatic nitrogens is 2. The molecular weight excluding hydrogens is 428 g/mol. The normalized spacial score (nSPS) is 14.3. The highest BCUT2D eigenvalue weighted by Gasteiger charge is 2.39. The van der Waals surface area contributed by atoms with Crippen LogP contribution in [0.3, 0.4) is 0 Å². The van der Waals surface area contributed by atoms with Crippen molar-refractivity contribution in [2.75, 3.05) is 0 Å². The second kappa shape index (κ2) is 8.61. The van der Waals surface area contributed by atoms with Crippen LogP contribution in [-0.4, -0.2) is 15.5 Å². The van der Waals surface area contributed by atoms with Gasteiger partial charge in [-0.2, -0.15) is 0 Å². The zero-order chi connectivity index (χ0) is 23.0. The zero-order valence-corrected chi connectivity index (χ0v) is 19.8. The third kappa shape index (κ3) is 4.49. The van der Waals surface area contributed by atoms with Crippen LogP contribution in [0.2, 0.25) is 0 Å². The smallest absolute Gasteiger partial charge is 0.253 e. The molecule has 0 atom stereocenters. The SMILES string of the molecule is Cc1cc(C(=O)NCc2ccc(C3(N)CC3)cc2)c(C)n1Cc1csc(-c2ccccc2)n1. The number of hydrogen-bond donors (Lipinski definition) is 2. The largest absolute Gasteiger partial charge is 0.348 e. The molecule has 0 spiro atoms. The maximum atomic E-state index is 12.9. The summed E-state index contributed by atoms with van der Waals surface area (Å²) in [6.07, 6.45) is 2.10. The molecule has 0 saturated heterocycles. The first kappa shape index (κ1) is 21.6. The molecule has 1 amide bonds. The van der Waals surface area contributed by atoms with Crippen LogP contribution in [0.4, 0.5) is 0 Å². The van der Waals surface area contributed by atoms with Gasteiger partial charge in [-0.25, -0.2) is 4.98 Å². The zero-order valence-electron chi connectivity index (χ0n) is 19.0. The molecule has 1 aliphatic carbocycles. The first-order valence-electron chi connectivity index (χ1n) is 11.3. The maximum absolute atomic E-state index is 12.9. The summed E-state index contributed by atoms with van der Waals surface area (Å²) in [5.41, 5.74) is 13.2.